The van der Waals surface area contributed by atoms with Gasteiger partial charge in [-0.05, 0) is 42.0 Å². The number of nitrogens with one attached hydrogen (secondary N) is 2. The molecule has 8 heteroatoms. The molecule has 186 valence electrons. The summed E-state index contributed by atoms with van der Waals surface area (Å²) in [6.45, 7) is 1.77. The van der Waals surface area contributed by atoms with Crippen molar-refractivity contribution < 1.29 is 29.0 Å². The van der Waals surface area contributed by atoms with E-state index < -0.39 is 35.7 Å². The lowest BCUT2D eigenvalue weighted by atomic mass is 9.92. The Balaban J connectivity index is 1.40. The summed E-state index contributed by atoms with van der Waals surface area (Å²) in [5.41, 5.74) is 3.80. The van der Waals surface area contributed by atoms with E-state index in [2.05, 4.69) is 34.9 Å². The Kier molecular flexibility index (Phi) is 7.40. The Labute approximate surface area is 205 Å². The van der Waals surface area contributed by atoms with Crippen LogP contribution in [-0.4, -0.2) is 54.5 Å². The van der Waals surface area contributed by atoms with Crippen LogP contribution in [0.25, 0.3) is 11.1 Å². The first-order valence-corrected chi connectivity index (χ1v) is 12.0. The van der Waals surface area contributed by atoms with E-state index in [4.69, 9.17) is 9.47 Å². The molecule has 0 bridgehead atoms. The Morgan fingerprint density at radius 1 is 1.03 bits per heavy atom. The van der Waals surface area contributed by atoms with Crippen molar-refractivity contribution in [2.75, 3.05) is 13.7 Å². The van der Waals surface area contributed by atoms with Gasteiger partial charge in [-0.15, -0.1) is 0 Å². The lowest BCUT2D eigenvalue weighted by molar-refractivity contribution is -0.145. The first-order chi connectivity index (χ1) is 16.8. The fraction of sp³-hybridized carbons (Fsp3) is 0.444. The molecule has 35 heavy (non-hydrogen) atoms. The summed E-state index contributed by atoms with van der Waals surface area (Å²) in [4.78, 5) is 37.1. The highest BCUT2D eigenvalue weighted by atomic mass is 16.5. The van der Waals surface area contributed by atoms with Crippen LogP contribution in [0.5, 0.6) is 0 Å². The maximum absolute atomic E-state index is 12.9. The maximum atomic E-state index is 12.9. The third-order valence-corrected chi connectivity index (χ3v) is 7.19. The smallest absolute Gasteiger partial charge is 0.407 e. The zero-order valence-corrected chi connectivity index (χ0v) is 20.1. The van der Waals surface area contributed by atoms with Gasteiger partial charge in [-0.3, -0.25) is 4.79 Å². The second-order valence-electron chi connectivity index (χ2n) is 9.44. The summed E-state index contributed by atoms with van der Waals surface area (Å²) in [6, 6.07) is 15.1. The van der Waals surface area contributed by atoms with Gasteiger partial charge in [0, 0.05) is 19.4 Å². The van der Waals surface area contributed by atoms with E-state index >= 15 is 0 Å². The minimum Gasteiger partial charge on any atom is -0.480 e. The fourth-order valence-corrected chi connectivity index (χ4v) is 5.30. The van der Waals surface area contributed by atoms with E-state index in [0.29, 0.717) is 12.8 Å². The van der Waals surface area contributed by atoms with Gasteiger partial charge in [-0.2, -0.15) is 0 Å². The number of alkyl carbamates (subject to hydrolysis) is 1. The summed E-state index contributed by atoms with van der Waals surface area (Å²) >= 11 is 0. The first kappa shape index (κ1) is 24.7. The third-order valence-electron chi connectivity index (χ3n) is 7.19. The van der Waals surface area contributed by atoms with Crippen LogP contribution in [0.15, 0.2) is 48.5 Å². The molecule has 2 atom stereocenters. The molecule has 0 aliphatic heterocycles. The van der Waals surface area contributed by atoms with Gasteiger partial charge in [0.2, 0.25) is 5.91 Å². The molecule has 2 unspecified atom stereocenters. The Morgan fingerprint density at radius 2 is 1.60 bits per heavy atom. The number of ether oxygens (including phenoxy) is 2. The predicted octanol–water partition coefficient (Wildman–Crippen LogP) is 3.83. The zero-order valence-electron chi connectivity index (χ0n) is 20.1. The number of hydrogen-bond acceptors (Lipinski definition) is 5. The van der Waals surface area contributed by atoms with E-state index in [9.17, 15) is 19.5 Å². The number of carbonyl (C=O) groups is 3. The van der Waals surface area contributed by atoms with Gasteiger partial charge in [0.05, 0.1) is 11.6 Å². The minimum absolute atomic E-state index is 0.0165. The third kappa shape index (κ3) is 5.32. The fourth-order valence-electron chi connectivity index (χ4n) is 5.30. The number of carbonyl (C=O) groups excluding carboxylic acids is 2. The van der Waals surface area contributed by atoms with Gasteiger partial charge < -0.3 is 25.2 Å². The number of benzene rings is 2. The second kappa shape index (κ2) is 10.5. The van der Waals surface area contributed by atoms with Crippen molar-refractivity contribution in [3.05, 3.63) is 59.7 Å². The predicted molar refractivity (Wildman–Crippen MR) is 130 cm³/mol. The van der Waals surface area contributed by atoms with Crippen molar-refractivity contribution in [1.29, 1.82) is 0 Å². The molecular formula is C27H32N2O6. The van der Waals surface area contributed by atoms with Crippen molar-refractivity contribution in [1.82, 2.24) is 10.6 Å². The molecule has 0 saturated heterocycles. The Hall–Kier alpha value is -3.39. The van der Waals surface area contributed by atoms with Crippen molar-refractivity contribution in [3.63, 3.8) is 0 Å². The number of hydrogen-bond donors (Lipinski definition) is 3. The van der Waals surface area contributed by atoms with Gasteiger partial charge in [0.15, 0.2) is 6.04 Å². The van der Waals surface area contributed by atoms with Crippen molar-refractivity contribution >= 4 is 18.0 Å². The zero-order chi connectivity index (χ0) is 25.0. The highest BCUT2D eigenvalue weighted by Gasteiger charge is 2.39. The number of methoxy groups -OCH3 is 1. The first-order valence-electron chi connectivity index (χ1n) is 12.0. The van der Waals surface area contributed by atoms with Gasteiger partial charge in [-0.25, -0.2) is 9.59 Å². The molecule has 1 fully saturated rings. The van der Waals surface area contributed by atoms with Crippen LogP contribution in [0.2, 0.25) is 0 Å². The Bertz CT molecular complexity index is 1050. The van der Waals surface area contributed by atoms with E-state index in [-0.39, 0.29) is 18.9 Å². The largest absolute Gasteiger partial charge is 0.480 e. The SMILES string of the molecule is COC(C)C(NC(=O)CC1(NC(=O)OCC2c3ccccc3-c3ccccc32)CCCC1)C(=O)O. The number of carboxylic acids is 1. The van der Waals surface area contributed by atoms with Crippen molar-refractivity contribution in [2.45, 2.75) is 62.6 Å². The molecule has 0 radical (unpaired) electrons. The van der Waals surface area contributed by atoms with Crippen molar-refractivity contribution in [3.8, 4) is 11.1 Å². The number of fused-ring (bicyclic) bond motifs is 3. The molecule has 2 aliphatic rings. The molecule has 8 nitrogen and oxygen atoms in total. The van der Waals surface area contributed by atoms with Gasteiger partial charge in [-0.1, -0.05) is 61.4 Å². The number of amides is 2. The molecule has 3 N–H and O–H groups in total. The molecule has 0 spiro atoms. The van der Waals surface area contributed by atoms with Gasteiger partial charge in [0.1, 0.15) is 6.61 Å². The molecule has 2 aliphatic carbocycles. The molecule has 1 saturated carbocycles. The van der Waals surface area contributed by atoms with E-state index in [1.165, 1.54) is 7.11 Å². The summed E-state index contributed by atoms with van der Waals surface area (Å²) in [6.07, 6.45) is 1.72. The summed E-state index contributed by atoms with van der Waals surface area (Å²) in [5.74, 6) is -1.66. The molecule has 2 amide bonds. The van der Waals surface area contributed by atoms with Crippen LogP contribution in [0, 0.1) is 0 Å². The van der Waals surface area contributed by atoms with E-state index in [1.807, 2.05) is 24.3 Å². The Morgan fingerprint density at radius 3 is 2.14 bits per heavy atom. The molecular weight excluding hydrogens is 448 g/mol. The quantitative estimate of drug-likeness (QED) is 0.503. The standard InChI is InChI=1S/C27H32N2O6/c1-17(34-2)24(25(31)32)28-23(30)15-27(13-7-8-14-27)29-26(33)35-16-22-20-11-5-3-9-18(20)19-10-4-6-12-21(19)22/h3-6,9-12,17,22,24H,7-8,13-16H2,1-2H3,(H,28,30)(H,29,33)(H,31,32). The topological polar surface area (TPSA) is 114 Å². The average molecular weight is 481 g/mol. The monoisotopic (exact) mass is 480 g/mol. The van der Waals surface area contributed by atoms with Crippen LogP contribution in [0.4, 0.5) is 4.79 Å². The van der Waals surface area contributed by atoms with Crippen LogP contribution in [0.1, 0.15) is 56.1 Å². The highest BCUT2D eigenvalue weighted by molar-refractivity contribution is 5.85. The molecule has 2 aromatic carbocycles. The van der Waals surface area contributed by atoms with Crippen LogP contribution < -0.4 is 10.6 Å². The number of aliphatic carboxylic acids is 1. The second-order valence-corrected chi connectivity index (χ2v) is 9.44. The number of carboxylic acid groups (broad SMARTS) is 1. The normalized spacial score (nSPS) is 17.7. The van der Waals surface area contributed by atoms with Crippen LogP contribution >= 0.6 is 0 Å². The molecule has 0 aromatic heterocycles. The molecule has 4 rings (SSSR count). The average Bonchev–Trinajstić information content (AvgIpc) is 3.43. The number of rotatable bonds is 9. The minimum atomic E-state index is -1.17. The lowest BCUT2D eigenvalue weighted by Gasteiger charge is -2.30. The maximum Gasteiger partial charge on any atom is 0.407 e. The van der Waals surface area contributed by atoms with Crippen LogP contribution in [-0.2, 0) is 19.1 Å². The van der Waals surface area contributed by atoms with E-state index in [0.717, 1.165) is 35.1 Å². The van der Waals surface area contributed by atoms with Gasteiger partial charge >= 0.3 is 12.1 Å². The summed E-state index contributed by atoms with van der Waals surface area (Å²) < 4.78 is 10.8. The van der Waals surface area contributed by atoms with Crippen molar-refractivity contribution in [2.24, 2.45) is 0 Å². The summed E-state index contributed by atoms with van der Waals surface area (Å²) in [5, 5.41) is 14.9. The summed E-state index contributed by atoms with van der Waals surface area (Å²) in [7, 11) is 1.39. The molecule has 2 aromatic rings. The van der Waals surface area contributed by atoms with Crippen LogP contribution in [0.3, 0.4) is 0 Å². The lowest BCUT2D eigenvalue weighted by Crippen LogP contribution is -2.53. The van der Waals surface area contributed by atoms with E-state index in [1.54, 1.807) is 6.92 Å². The molecule has 0 heterocycles. The highest BCUT2D eigenvalue weighted by Crippen LogP contribution is 2.44. The van der Waals surface area contributed by atoms with Gasteiger partial charge in [0.25, 0.3) is 0 Å².